The fourth-order valence-electron chi connectivity index (χ4n) is 4.97. The number of Topliss-reactive ketones (excluding diaryl/α,β-unsaturated/α-hetero) is 1. The smallest absolute Gasteiger partial charge is 0.197 e. The summed E-state index contributed by atoms with van der Waals surface area (Å²) in [7, 11) is 0. The van der Waals surface area contributed by atoms with Crippen LogP contribution in [0.2, 0.25) is 0 Å². The molecule has 192 valence electrons. The molecular weight excluding hydrogens is 498 g/mol. The molecule has 0 spiro atoms. The van der Waals surface area contributed by atoms with Gasteiger partial charge in [-0.1, -0.05) is 78.9 Å². The average Bonchev–Trinajstić information content (AvgIpc) is 3.03. The van der Waals surface area contributed by atoms with Crippen molar-refractivity contribution in [3.05, 3.63) is 131 Å². The summed E-state index contributed by atoms with van der Waals surface area (Å²) in [5, 5.41) is 29.1. The van der Waals surface area contributed by atoms with E-state index in [2.05, 4.69) is 11.1 Å². The summed E-state index contributed by atoms with van der Waals surface area (Å²) >= 11 is 0. The molecule has 6 rings (SSSR count). The van der Waals surface area contributed by atoms with Gasteiger partial charge in [0.2, 0.25) is 0 Å². The summed E-state index contributed by atoms with van der Waals surface area (Å²) in [5.41, 5.74) is 7.96. The van der Waals surface area contributed by atoms with Crippen LogP contribution >= 0.6 is 0 Å². The Balaban J connectivity index is 1.58. The molecule has 0 saturated heterocycles. The maximum Gasteiger partial charge on any atom is 0.197 e. The summed E-state index contributed by atoms with van der Waals surface area (Å²) in [6, 6.07) is 30.0. The van der Waals surface area contributed by atoms with E-state index < -0.39 is 0 Å². The number of aliphatic hydroxyl groups excluding tert-OH is 2. The van der Waals surface area contributed by atoms with Crippen LogP contribution in [0.25, 0.3) is 44.8 Å². The fraction of sp³-hybridized carbons (Fsp3) is 0.0588. The number of pyridine rings is 2. The topological polar surface area (TPSA) is 107 Å². The lowest BCUT2D eigenvalue weighted by Gasteiger charge is -2.22. The number of aliphatic hydroxyl groups is 2. The van der Waals surface area contributed by atoms with E-state index >= 15 is 0 Å². The number of hydrogen-bond acceptors (Lipinski definition) is 6. The number of carbonyl (C=O) groups is 1. The molecule has 2 aromatic heterocycles. The Kier molecular flexibility index (Phi) is 6.59. The SMILES string of the molecule is N#C/C(=C1\C(=O)c2cc(-c3ccc(CO)cc3)cnc2-c2ncc(-c3ccc(CO)cc3)cc21)c1ccccc1. The lowest BCUT2D eigenvalue weighted by atomic mass is 9.81. The number of aromatic nitrogens is 2. The average molecular weight is 522 g/mol. The number of nitriles is 1. The van der Waals surface area contributed by atoms with Crippen molar-refractivity contribution in [3.63, 3.8) is 0 Å². The third-order valence-corrected chi connectivity index (χ3v) is 7.10. The summed E-state index contributed by atoms with van der Waals surface area (Å²) < 4.78 is 0. The molecule has 0 aliphatic heterocycles. The van der Waals surface area contributed by atoms with Crippen molar-refractivity contribution in [2.45, 2.75) is 13.2 Å². The van der Waals surface area contributed by atoms with E-state index in [0.717, 1.165) is 33.4 Å². The summed E-state index contributed by atoms with van der Waals surface area (Å²) in [6.45, 7) is -0.107. The van der Waals surface area contributed by atoms with Crippen LogP contribution in [0.15, 0.2) is 103 Å². The molecule has 2 heterocycles. The number of hydrogen-bond donors (Lipinski definition) is 2. The number of fused-ring (bicyclic) bond motifs is 3. The second-order valence-electron chi connectivity index (χ2n) is 9.51. The highest BCUT2D eigenvalue weighted by Gasteiger charge is 2.33. The number of rotatable bonds is 5. The quantitative estimate of drug-likeness (QED) is 0.214. The van der Waals surface area contributed by atoms with Crippen molar-refractivity contribution in [3.8, 4) is 39.7 Å². The minimum absolute atomic E-state index is 0.0528. The minimum Gasteiger partial charge on any atom is -0.392 e. The van der Waals surface area contributed by atoms with Gasteiger partial charge in [-0.15, -0.1) is 0 Å². The minimum atomic E-state index is -0.293. The molecule has 0 amide bonds. The number of benzene rings is 3. The van der Waals surface area contributed by atoms with Crippen LogP contribution < -0.4 is 0 Å². The van der Waals surface area contributed by atoms with E-state index in [1.807, 2.05) is 84.9 Å². The summed E-state index contributed by atoms with van der Waals surface area (Å²) in [5.74, 6) is -0.293. The van der Waals surface area contributed by atoms with Gasteiger partial charge >= 0.3 is 0 Å². The van der Waals surface area contributed by atoms with Gasteiger partial charge in [0, 0.05) is 29.1 Å². The molecule has 0 atom stereocenters. The van der Waals surface area contributed by atoms with Crippen molar-refractivity contribution in [1.29, 1.82) is 5.26 Å². The first-order valence-electron chi connectivity index (χ1n) is 12.8. The molecular formula is C34H23N3O3. The predicted octanol–water partition coefficient (Wildman–Crippen LogP) is 6.09. The number of carbonyl (C=O) groups excluding carboxylic acids is 1. The summed E-state index contributed by atoms with van der Waals surface area (Å²) in [6.07, 6.45) is 3.45. The van der Waals surface area contributed by atoms with Gasteiger partial charge in [0.25, 0.3) is 0 Å². The maximum absolute atomic E-state index is 14.2. The Hall–Kier alpha value is -5.22. The van der Waals surface area contributed by atoms with Gasteiger partial charge in [0.15, 0.2) is 5.78 Å². The molecule has 6 heteroatoms. The first-order chi connectivity index (χ1) is 19.6. The van der Waals surface area contributed by atoms with E-state index in [-0.39, 0.29) is 30.1 Å². The van der Waals surface area contributed by atoms with Gasteiger partial charge in [-0.25, -0.2) is 0 Å². The van der Waals surface area contributed by atoms with Crippen molar-refractivity contribution in [1.82, 2.24) is 9.97 Å². The largest absolute Gasteiger partial charge is 0.392 e. The van der Waals surface area contributed by atoms with E-state index in [1.165, 1.54) is 0 Å². The number of ketones is 1. The molecule has 6 nitrogen and oxygen atoms in total. The van der Waals surface area contributed by atoms with Gasteiger partial charge in [-0.05, 0) is 39.9 Å². The molecule has 1 aliphatic carbocycles. The molecule has 40 heavy (non-hydrogen) atoms. The zero-order chi connectivity index (χ0) is 27.6. The second-order valence-corrected chi connectivity index (χ2v) is 9.51. The van der Waals surface area contributed by atoms with Crippen molar-refractivity contribution in [2.75, 3.05) is 0 Å². The van der Waals surface area contributed by atoms with Crippen LogP contribution in [0.4, 0.5) is 0 Å². The maximum atomic E-state index is 14.2. The Morgan fingerprint density at radius 2 is 1.18 bits per heavy atom. The molecule has 0 unspecified atom stereocenters. The molecule has 0 saturated carbocycles. The van der Waals surface area contributed by atoms with Gasteiger partial charge in [0.1, 0.15) is 11.8 Å². The monoisotopic (exact) mass is 521 g/mol. The molecule has 0 fully saturated rings. The highest BCUT2D eigenvalue weighted by molar-refractivity contribution is 6.39. The zero-order valence-corrected chi connectivity index (χ0v) is 21.4. The van der Waals surface area contributed by atoms with E-state index in [0.29, 0.717) is 28.1 Å². The molecule has 5 aromatic rings. The summed E-state index contributed by atoms with van der Waals surface area (Å²) in [4.78, 5) is 23.7. The van der Waals surface area contributed by atoms with E-state index in [4.69, 9.17) is 4.98 Å². The number of allylic oxidation sites excluding steroid dienone is 2. The molecule has 1 aliphatic rings. The zero-order valence-electron chi connectivity index (χ0n) is 21.4. The van der Waals surface area contributed by atoms with Crippen LogP contribution in [-0.2, 0) is 13.2 Å². The standard InChI is InChI=1S/C34H23N3O3/c35-16-30(25-4-2-1-3-5-25)31-28-14-26(23-10-6-21(19-38)7-11-23)17-36-32(28)33-29(34(31)40)15-27(18-37-33)24-12-8-22(20-39)9-13-24/h1-15,17-18,38-39H,19-20H2/b31-30+. The third-order valence-electron chi connectivity index (χ3n) is 7.10. The molecule has 0 bridgehead atoms. The third kappa shape index (κ3) is 4.40. The Morgan fingerprint density at radius 1 is 0.675 bits per heavy atom. The first-order valence-corrected chi connectivity index (χ1v) is 12.8. The van der Waals surface area contributed by atoms with Gasteiger partial charge in [0.05, 0.1) is 35.6 Å². The van der Waals surface area contributed by atoms with Crippen LogP contribution in [0.5, 0.6) is 0 Å². The van der Waals surface area contributed by atoms with E-state index in [9.17, 15) is 20.3 Å². The first kappa shape index (κ1) is 25.1. The van der Waals surface area contributed by atoms with Crippen LogP contribution in [-0.4, -0.2) is 26.0 Å². The molecule has 3 aromatic carbocycles. The van der Waals surface area contributed by atoms with Crippen molar-refractivity contribution >= 4 is 16.9 Å². The van der Waals surface area contributed by atoms with Crippen LogP contribution in [0.3, 0.4) is 0 Å². The van der Waals surface area contributed by atoms with Crippen molar-refractivity contribution in [2.24, 2.45) is 0 Å². The predicted molar refractivity (Wildman–Crippen MR) is 153 cm³/mol. The van der Waals surface area contributed by atoms with Crippen LogP contribution in [0.1, 0.15) is 32.6 Å². The van der Waals surface area contributed by atoms with Gasteiger partial charge < -0.3 is 10.2 Å². The Morgan fingerprint density at radius 3 is 1.68 bits per heavy atom. The van der Waals surface area contributed by atoms with Gasteiger partial charge in [-0.2, -0.15) is 5.26 Å². The molecule has 0 radical (unpaired) electrons. The fourth-order valence-corrected chi connectivity index (χ4v) is 4.97. The van der Waals surface area contributed by atoms with Crippen LogP contribution in [0, 0.1) is 11.3 Å². The van der Waals surface area contributed by atoms with Crippen molar-refractivity contribution < 1.29 is 15.0 Å². The second kappa shape index (κ2) is 10.5. The Labute approximate surface area is 231 Å². The highest BCUT2D eigenvalue weighted by atomic mass is 16.3. The Bertz CT molecular complexity index is 1820. The molecule has 2 N–H and O–H groups in total. The lowest BCUT2D eigenvalue weighted by Crippen LogP contribution is -2.16. The lowest BCUT2D eigenvalue weighted by molar-refractivity contribution is 0.105. The number of nitrogens with zero attached hydrogens (tertiary/aromatic N) is 3. The van der Waals surface area contributed by atoms with E-state index in [1.54, 1.807) is 18.5 Å². The highest BCUT2D eigenvalue weighted by Crippen LogP contribution is 2.42. The van der Waals surface area contributed by atoms with Gasteiger partial charge in [-0.3, -0.25) is 14.8 Å². The normalized spacial score (nSPS) is 13.3.